The number of aromatic nitrogens is 1. The molecule has 0 spiro atoms. The molecule has 0 atom stereocenters. The molecule has 0 saturated heterocycles. The molecule has 2 aromatic rings. The van der Waals surface area contributed by atoms with Crippen LogP contribution in [0.3, 0.4) is 0 Å². The lowest BCUT2D eigenvalue weighted by Crippen LogP contribution is -2.39. The van der Waals surface area contributed by atoms with Crippen LogP contribution in [0.2, 0.25) is 5.02 Å². The van der Waals surface area contributed by atoms with E-state index in [0.29, 0.717) is 0 Å². The van der Waals surface area contributed by atoms with Gasteiger partial charge >= 0.3 is 0 Å². The first-order chi connectivity index (χ1) is 12.5. The molecule has 0 fully saturated rings. The molecule has 0 aliphatic rings. The number of rotatable bonds is 7. The highest BCUT2D eigenvalue weighted by molar-refractivity contribution is 6.30. The van der Waals surface area contributed by atoms with Crippen molar-refractivity contribution < 1.29 is 9.47 Å². The zero-order chi connectivity index (χ0) is 19.1. The van der Waals surface area contributed by atoms with Crippen LogP contribution in [-0.4, -0.2) is 50.3 Å². The summed E-state index contributed by atoms with van der Waals surface area (Å²) in [6.45, 7) is 1.49. The van der Waals surface area contributed by atoms with Crippen molar-refractivity contribution in [3.8, 4) is 11.5 Å². The van der Waals surface area contributed by atoms with Gasteiger partial charge in [-0.25, -0.2) is 0 Å². The Morgan fingerprint density at radius 2 is 1.96 bits per heavy atom. The van der Waals surface area contributed by atoms with Crippen molar-refractivity contribution in [3.63, 3.8) is 0 Å². The van der Waals surface area contributed by atoms with Crippen LogP contribution in [0.15, 0.2) is 35.5 Å². The average Bonchev–Trinajstić information content (AvgIpc) is 2.95. The molecular weight excluding hydrogens is 352 g/mol. The first kappa shape index (κ1) is 20.0. The van der Waals surface area contributed by atoms with Crippen LogP contribution in [0.4, 0.5) is 0 Å². The molecule has 0 unspecified atom stereocenters. The van der Waals surface area contributed by atoms with E-state index < -0.39 is 0 Å². The van der Waals surface area contributed by atoms with Gasteiger partial charge < -0.3 is 24.3 Å². The molecule has 6 nitrogen and oxygen atoms in total. The summed E-state index contributed by atoms with van der Waals surface area (Å²) in [7, 11) is 9.06. The maximum absolute atomic E-state index is 6.06. The Balaban J connectivity index is 1.91. The quantitative estimate of drug-likeness (QED) is 0.594. The van der Waals surface area contributed by atoms with Gasteiger partial charge in [0.25, 0.3) is 0 Å². The predicted molar refractivity (Wildman–Crippen MR) is 107 cm³/mol. The zero-order valence-corrected chi connectivity index (χ0v) is 16.8. The van der Waals surface area contributed by atoms with Crippen molar-refractivity contribution in [2.24, 2.45) is 12.0 Å². The summed E-state index contributed by atoms with van der Waals surface area (Å²) in [4.78, 5) is 6.43. The van der Waals surface area contributed by atoms with E-state index in [2.05, 4.69) is 15.2 Å². The van der Waals surface area contributed by atoms with Crippen molar-refractivity contribution in [1.29, 1.82) is 0 Å². The fourth-order valence-corrected chi connectivity index (χ4v) is 3.05. The summed E-state index contributed by atoms with van der Waals surface area (Å²) >= 11 is 6.06. The third-order valence-electron chi connectivity index (χ3n) is 4.19. The fourth-order valence-electron chi connectivity index (χ4n) is 2.78. The Morgan fingerprint density at radius 1 is 1.23 bits per heavy atom. The van der Waals surface area contributed by atoms with Crippen LogP contribution >= 0.6 is 11.6 Å². The van der Waals surface area contributed by atoms with Gasteiger partial charge in [-0.3, -0.25) is 4.99 Å². The lowest BCUT2D eigenvalue weighted by Gasteiger charge is -2.22. The number of guanidine groups is 1. The molecule has 2 rings (SSSR count). The van der Waals surface area contributed by atoms with E-state index in [1.807, 2.05) is 49.1 Å². The summed E-state index contributed by atoms with van der Waals surface area (Å²) < 4.78 is 12.6. The highest BCUT2D eigenvalue weighted by atomic mass is 35.5. The normalized spacial score (nSPS) is 11.4. The summed E-state index contributed by atoms with van der Waals surface area (Å²) in [6.07, 6.45) is 2.75. The molecule has 0 amide bonds. The summed E-state index contributed by atoms with van der Waals surface area (Å²) in [6, 6.07) is 7.93. The summed E-state index contributed by atoms with van der Waals surface area (Å²) in [5.74, 6) is 2.32. The van der Waals surface area contributed by atoms with E-state index >= 15 is 0 Å². The third-order valence-corrected chi connectivity index (χ3v) is 4.40. The van der Waals surface area contributed by atoms with E-state index in [1.54, 1.807) is 21.3 Å². The SMILES string of the molecule is CN=C(NCCc1ccc(OC)c(OC)c1)N(C)Cc1cc(Cl)cn1C. The molecule has 1 aromatic carbocycles. The molecule has 1 aromatic heterocycles. The van der Waals surface area contributed by atoms with Gasteiger partial charge in [-0.05, 0) is 30.2 Å². The van der Waals surface area contributed by atoms with Crippen LogP contribution in [0.5, 0.6) is 11.5 Å². The molecule has 1 N–H and O–H groups in total. The number of methoxy groups -OCH3 is 2. The molecule has 0 saturated carbocycles. The number of halogens is 1. The Labute approximate surface area is 160 Å². The van der Waals surface area contributed by atoms with Crippen molar-refractivity contribution in [3.05, 3.63) is 46.7 Å². The van der Waals surface area contributed by atoms with Gasteiger partial charge in [0.2, 0.25) is 0 Å². The monoisotopic (exact) mass is 378 g/mol. The van der Waals surface area contributed by atoms with Gasteiger partial charge in [0.1, 0.15) is 0 Å². The molecular formula is C19H27ClN4O2. The first-order valence-electron chi connectivity index (χ1n) is 8.42. The lowest BCUT2D eigenvalue weighted by molar-refractivity contribution is 0.354. The number of hydrogen-bond donors (Lipinski definition) is 1. The van der Waals surface area contributed by atoms with Crippen LogP contribution in [-0.2, 0) is 20.0 Å². The van der Waals surface area contributed by atoms with Gasteiger partial charge in [0.15, 0.2) is 17.5 Å². The standard InChI is InChI=1S/C19H27ClN4O2/c1-21-19(24(3)13-16-11-15(20)12-23(16)2)22-9-8-14-6-7-17(25-4)18(10-14)26-5/h6-7,10-12H,8-9,13H2,1-5H3,(H,21,22). The third kappa shape index (κ3) is 5.08. The van der Waals surface area contributed by atoms with E-state index in [-0.39, 0.29) is 0 Å². The summed E-state index contributed by atoms with van der Waals surface area (Å²) in [5, 5.41) is 4.13. The fraction of sp³-hybridized carbons (Fsp3) is 0.421. The largest absolute Gasteiger partial charge is 0.493 e. The molecule has 142 valence electrons. The van der Waals surface area contributed by atoms with Crippen LogP contribution in [0.1, 0.15) is 11.3 Å². The van der Waals surface area contributed by atoms with Crippen molar-refractivity contribution in [2.45, 2.75) is 13.0 Å². The van der Waals surface area contributed by atoms with Crippen LogP contribution < -0.4 is 14.8 Å². The summed E-state index contributed by atoms with van der Waals surface area (Å²) in [5.41, 5.74) is 2.29. The first-order valence-corrected chi connectivity index (χ1v) is 8.79. The minimum atomic E-state index is 0.721. The average molecular weight is 379 g/mol. The molecule has 0 bridgehead atoms. The molecule has 7 heteroatoms. The smallest absolute Gasteiger partial charge is 0.193 e. The topological polar surface area (TPSA) is 51.0 Å². The van der Waals surface area contributed by atoms with E-state index in [9.17, 15) is 0 Å². The minimum absolute atomic E-state index is 0.721. The number of nitrogens with zero attached hydrogens (tertiary/aromatic N) is 3. The minimum Gasteiger partial charge on any atom is -0.493 e. The molecule has 1 heterocycles. The number of nitrogens with one attached hydrogen (secondary N) is 1. The molecule has 0 aliphatic heterocycles. The van der Waals surface area contributed by atoms with Crippen LogP contribution in [0, 0.1) is 0 Å². The highest BCUT2D eigenvalue weighted by Gasteiger charge is 2.10. The highest BCUT2D eigenvalue weighted by Crippen LogP contribution is 2.27. The number of aliphatic imine (C=N–C) groups is 1. The Bertz CT molecular complexity index is 758. The van der Waals surface area contributed by atoms with Gasteiger partial charge in [0.05, 0.1) is 25.8 Å². The maximum atomic E-state index is 6.06. The second-order valence-corrected chi connectivity index (χ2v) is 6.47. The van der Waals surface area contributed by atoms with E-state index in [4.69, 9.17) is 21.1 Å². The Kier molecular flexibility index (Phi) is 7.21. The predicted octanol–water partition coefficient (Wildman–Crippen LogP) is 2.95. The second-order valence-electron chi connectivity index (χ2n) is 6.03. The zero-order valence-electron chi connectivity index (χ0n) is 16.0. The van der Waals surface area contributed by atoms with Crippen molar-refractivity contribution >= 4 is 17.6 Å². The molecule has 0 radical (unpaired) electrons. The Hall–Kier alpha value is -2.34. The van der Waals surface area contributed by atoms with Crippen molar-refractivity contribution in [2.75, 3.05) is 34.9 Å². The number of hydrogen-bond acceptors (Lipinski definition) is 3. The lowest BCUT2D eigenvalue weighted by atomic mass is 10.1. The van der Waals surface area contributed by atoms with Gasteiger partial charge in [0, 0.05) is 39.6 Å². The van der Waals surface area contributed by atoms with Gasteiger partial charge in [-0.1, -0.05) is 17.7 Å². The van der Waals surface area contributed by atoms with Crippen molar-refractivity contribution in [1.82, 2.24) is 14.8 Å². The number of ether oxygens (including phenoxy) is 2. The maximum Gasteiger partial charge on any atom is 0.193 e. The van der Waals surface area contributed by atoms with Crippen LogP contribution in [0.25, 0.3) is 0 Å². The van der Waals surface area contributed by atoms with Gasteiger partial charge in [-0.15, -0.1) is 0 Å². The number of aryl methyl sites for hydroxylation is 1. The van der Waals surface area contributed by atoms with E-state index in [1.165, 1.54) is 5.56 Å². The van der Waals surface area contributed by atoms with E-state index in [0.717, 1.165) is 47.7 Å². The number of benzene rings is 1. The Morgan fingerprint density at radius 3 is 2.54 bits per heavy atom. The van der Waals surface area contributed by atoms with Gasteiger partial charge in [-0.2, -0.15) is 0 Å². The molecule has 0 aliphatic carbocycles. The molecule has 26 heavy (non-hydrogen) atoms. The second kappa shape index (κ2) is 9.38.